The third-order valence-corrected chi connectivity index (χ3v) is 6.35. The van der Waals surface area contributed by atoms with Crippen LogP contribution in [-0.4, -0.2) is 44.1 Å². The van der Waals surface area contributed by atoms with Gasteiger partial charge < -0.3 is 14.8 Å². The fourth-order valence-corrected chi connectivity index (χ4v) is 4.96. The van der Waals surface area contributed by atoms with Crippen LogP contribution in [0.15, 0.2) is 58.5 Å². The molecule has 3 aliphatic heterocycles. The van der Waals surface area contributed by atoms with Gasteiger partial charge in [-0.05, 0) is 24.3 Å². The van der Waals surface area contributed by atoms with Crippen LogP contribution in [0, 0.1) is 0 Å². The second-order valence-corrected chi connectivity index (χ2v) is 8.06. The Hall–Kier alpha value is -2.38. The maximum atomic E-state index is 13.4. The normalized spacial score (nSPS) is 15.6. The Bertz CT molecular complexity index is 960. The van der Waals surface area contributed by atoms with Crippen LogP contribution in [0.1, 0.15) is 0 Å². The van der Waals surface area contributed by atoms with Gasteiger partial charge >= 0.3 is 0 Å². The second-order valence-electron chi connectivity index (χ2n) is 6.17. The molecule has 1 N–H and O–H groups in total. The minimum atomic E-state index is -3.67. The highest BCUT2D eigenvalue weighted by Gasteiger charge is 2.34. The van der Waals surface area contributed by atoms with E-state index in [0.717, 1.165) is 26.2 Å². The summed E-state index contributed by atoms with van der Waals surface area (Å²) in [6, 6.07) is 12.3. The smallest absolute Gasteiger partial charge is 0.212 e. The quantitative estimate of drug-likeness (QED) is 0.775. The first-order valence-electron chi connectivity index (χ1n) is 8.30. The van der Waals surface area contributed by atoms with Gasteiger partial charge in [-0.15, -0.1) is 0 Å². The van der Waals surface area contributed by atoms with Gasteiger partial charge in [0, 0.05) is 39.4 Å². The SMILES string of the molecule is Cn1cccc2nc(N3CCNCC3)c(S(=O)(=O)c3ccccc3)c1-2. The Morgan fingerprint density at radius 2 is 1.76 bits per heavy atom. The van der Waals surface area contributed by atoms with Crippen molar-refractivity contribution in [3.63, 3.8) is 0 Å². The van der Waals surface area contributed by atoms with E-state index in [0.29, 0.717) is 27.0 Å². The molecule has 130 valence electrons. The third kappa shape index (κ3) is 2.69. The topological polar surface area (TPSA) is 67.2 Å². The number of nitrogens with one attached hydrogen (secondary N) is 1. The predicted molar refractivity (Wildman–Crippen MR) is 96.8 cm³/mol. The van der Waals surface area contributed by atoms with E-state index in [1.165, 1.54) is 0 Å². The number of anilines is 1. The van der Waals surface area contributed by atoms with Crippen molar-refractivity contribution in [3.05, 3.63) is 48.7 Å². The molecule has 4 rings (SSSR count). The fraction of sp³-hybridized carbons (Fsp3) is 0.278. The van der Waals surface area contributed by atoms with Crippen LogP contribution in [0.5, 0.6) is 0 Å². The van der Waals surface area contributed by atoms with Gasteiger partial charge in [-0.2, -0.15) is 0 Å². The van der Waals surface area contributed by atoms with Crippen LogP contribution in [-0.2, 0) is 16.9 Å². The lowest BCUT2D eigenvalue weighted by atomic mass is 10.3. The van der Waals surface area contributed by atoms with Crippen molar-refractivity contribution in [2.24, 2.45) is 7.05 Å². The summed E-state index contributed by atoms with van der Waals surface area (Å²) in [5.41, 5.74) is 1.35. The molecule has 0 amide bonds. The standard InChI is InChI=1S/C18H20N4O2S/c1-21-11-5-8-15-16(21)17(18(20-15)22-12-9-19-10-13-22)25(23,24)14-6-3-2-4-7-14/h2-8,11,19H,9-10,12-13H2,1H3. The summed E-state index contributed by atoms with van der Waals surface area (Å²) in [7, 11) is -1.81. The van der Waals surface area contributed by atoms with E-state index in [1.54, 1.807) is 24.3 Å². The Kier molecular flexibility index (Phi) is 3.97. The first-order valence-corrected chi connectivity index (χ1v) is 9.78. The van der Waals surface area contributed by atoms with Crippen LogP contribution in [0.2, 0.25) is 0 Å². The van der Waals surface area contributed by atoms with Crippen LogP contribution >= 0.6 is 0 Å². The molecule has 25 heavy (non-hydrogen) atoms. The zero-order chi connectivity index (χ0) is 17.4. The lowest BCUT2D eigenvalue weighted by Gasteiger charge is -2.28. The number of aryl methyl sites for hydroxylation is 1. The molecule has 0 atom stereocenters. The molecule has 0 unspecified atom stereocenters. The molecule has 3 aliphatic rings. The average Bonchev–Trinajstić information content (AvgIpc) is 3.05. The molecular weight excluding hydrogens is 336 g/mol. The molecule has 1 aromatic rings. The molecule has 6 nitrogen and oxygen atoms in total. The molecule has 0 saturated carbocycles. The van der Waals surface area contributed by atoms with Crippen LogP contribution in [0.4, 0.5) is 5.82 Å². The summed E-state index contributed by atoms with van der Waals surface area (Å²) >= 11 is 0. The molecule has 0 spiro atoms. The molecule has 1 fully saturated rings. The van der Waals surface area contributed by atoms with E-state index in [2.05, 4.69) is 15.2 Å². The van der Waals surface area contributed by atoms with Crippen molar-refractivity contribution in [1.82, 2.24) is 14.9 Å². The lowest BCUT2D eigenvalue weighted by molar-refractivity contribution is 0.577. The largest absolute Gasteiger partial charge is 0.353 e. The van der Waals surface area contributed by atoms with Crippen LogP contribution in [0.3, 0.4) is 0 Å². The molecule has 1 saturated heterocycles. The Morgan fingerprint density at radius 1 is 1.04 bits per heavy atom. The zero-order valence-electron chi connectivity index (χ0n) is 14.0. The number of sulfone groups is 1. The summed E-state index contributed by atoms with van der Waals surface area (Å²) in [5.74, 6) is 0.558. The minimum absolute atomic E-state index is 0.296. The van der Waals surface area contributed by atoms with Gasteiger partial charge in [0.2, 0.25) is 9.84 Å². The summed E-state index contributed by atoms with van der Waals surface area (Å²) in [5, 5.41) is 3.30. The van der Waals surface area contributed by atoms with E-state index in [-0.39, 0.29) is 0 Å². The van der Waals surface area contributed by atoms with Crippen LogP contribution in [0.25, 0.3) is 11.4 Å². The average molecular weight is 356 g/mol. The highest BCUT2D eigenvalue weighted by Crippen LogP contribution is 2.40. The Morgan fingerprint density at radius 3 is 2.48 bits per heavy atom. The molecule has 0 aromatic heterocycles. The number of rotatable bonds is 3. The van der Waals surface area contributed by atoms with Crippen LogP contribution < -0.4 is 10.2 Å². The van der Waals surface area contributed by atoms with E-state index in [9.17, 15) is 8.42 Å². The van der Waals surface area contributed by atoms with Crippen molar-refractivity contribution < 1.29 is 8.42 Å². The number of hydrogen-bond acceptors (Lipinski definition) is 5. The maximum absolute atomic E-state index is 13.4. The molecule has 3 heterocycles. The Balaban J connectivity index is 1.98. The van der Waals surface area contributed by atoms with Crippen molar-refractivity contribution in [3.8, 4) is 11.4 Å². The van der Waals surface area contributed by atoms with E-state index in [4.69, 9.17) is 0 Å². The zero-order valence-corrected chi connectivity index (χ0v) is 14.8. The Labute approximate surface area is 147 Å². The summed E-state index contributed by atoms with van der Waals surface area (Å²) in [4.78, 5) is 7.35. The van der Waals surface area contributed by atoms with Crippen molar-refractivity contribution in [2.75, 3.05) is 31.1 Å². The summed E-state index contributed by atoms with van der Waals surface area (Å²) < 4.78 is 28.7. The number of piperazine rings is 1. The molecule has 0 bridgehead atoms. The monoisotopic (exact) mass is 356 g/mol. The van der Waals surface area contributed by atoms with Gasteiger partial charge in [-0.3, -0.25) is 0 Å². The van der Waals surface area contributed by atoms with Gasteiger partial charge in [-0.25, -0.2) is 13.4 Å². The number of nitrogens with zero attached hydrogens (tertiary/aromatic N) is 3. The summed E-state index contributed by atoms with van der Waals surface area (Å²) in [6.07, 6.45) is 1.86. The maximum Gasteiger partial charge on any atom is 0.212 e. The van der Waals surface area contributed by atoms with E-state index in [1.807, 2.05) is 36.0 Å². The fourth-order valence-electron chi connectivity index (χ4n) is 3.29. The summed E-state index contributed by atoms with van der Waals surface area (Å²) in [6.45, 7) is 3.12. The van der Waals surface area contributed by atoms with E-state index < -0.39 is 9.84 Å². The second kappa shape index (κ2) is 6.16. The first kappa shape index (κ1) is 16.1. The number of hydrogen-bond donors (Lipinski definition) is 1. The van der Waals surface area contributed by atoms with Crippen molar-refractivity contribution in [1.29, 1.82) is 0 Å². The van der Waals surface area contributed by atoms with Gasteiger partial charge in [0.25, 0.3) is 0 Å². The van der Waals surface area contributed by atoms with Gasteiger partial charge in [0.05, 0.1) is 16.3 Å². The highest BCUT2D eigenvalue weighted by atomic mass is 32.2. The third-order valence-electron chi connectivity index (χ3n) is 4.54. The first-order chi connectivity index (χ1) is 12.1. The molecule has 7 heteroatoms. The molecular formula is C18H20N4O2S. The van der Waals surface area contributed by atoms with Crippen molar-refractivity contribution >= 4 is 15.7 Å². The number of aromatic nitrogens is 2. The van der Waals surface area contributed by atoms with Gasteiger partial charge in [0.1, 0.15) is 4.90 Å². The lowest BCUT2D eigenvalue weighted by Crippen LogP contribution is -2.44. The molecule has 1 aromatic carbocycles. The number of benzene rings is 1. The predicted octanol–water partition coefficient (Wildman–Crippen LogP) is 1.77. The molecule has 0 aliphatic carbocycles. The highest BCUT2D eigenvalue weighted by molar-refractivity contribution is 7.91. The van der Waals surface area contributed by atoms with E-state index >= 15 is 0 Å². The molecule has 0 radical (unpaired) electrons. The van der Waals surface area contributed by atoms with Gasteiger partial charge in [0.15, 0.2) is 5.82 Å². The minimum Gasteiger partial charge on any atom is -0.353 e. The number of pyridine rings is 1. The van der Waals surface area contributed by atoms with Crippen molar-refractivity contribution in [2.45, 2.75) is 9.79 Å². The number of fused-ring (bicyclic) bond motifs is 1. The van der Waals surface area contributed by atoms with Gasteiger partial charge in [-0.1, -0.05) is 18.2 Å².